The number of nitrogens with zero attached hydrogens (tertiary/aromatic N) is 1. The zero-order chi connectivity index (χ0) is 17.7. The highest BCUT2D eigenvalue weighted by atomic mass is 79.9. The Labute approximate surface area is 147 Å². The molecule has 5 nitrogen and oxygen atoms in total. The van der Waals surface area contributed by atoms with Crippen LogP contribution in [0.25, 0.3) is 0 Å². The van der Waals surface area contributed by atoms with Crippen LogP contribution in [0.4, 0.5) is 10.1 Å². The Morgan fingerprint density at radius 2 is 1.96 bits per heavy atom. The van der Waals surface area contributed by atoms with Crippen LogP contribution < -0.4 is 5.73 Å². The number of ether oxygens (including phenoxy) is 1. The van der Waals surface area contributed by atoms with Gasteiger partial charge in [0.15, 0.2) is 6.61 Å². The molecule has 0 saturated heterocycles. The Bertz CT molecular complexity index is 767. The van der Waals surface area contributed by atoms with Gasteiger partial charge in [0.2, 0.25) is 0 Å². The Balaban J connectivity index is 1.93. The first kappa shape index (κ1) is 17.9. The number of amides is 1. The van der Waals surface area contributed by atoms with E-state index in [9.17, 15) is 14.0 Å². The van der Waals surface area contributed by atoms with Crippen molar-refractivity contribution >= 4 is 33.5 Å². The summed E-state index contributed by atoms with van der Waals surface area (Å²) < 4.78 is 19.3. The van der Waals surface area contributed by atoms with Crippen LogP contribution in [-0.2, 0) is 16.1 Å². The number of hydrogen-bond acceptors (Lipinski definition) is 4. The Morgan fingerprint density at radius 3 is 2.67 bits per heavy atom. The molecule has 0 heterocycles. The van der Waals surface area contributed by atoms with Crippen molar-refractivity contribution in [3.8, 4) is 0 Å². The van der Waals surface area contributed by atoms with Gasteiger partial charge < -0.3 is 15.4 Å². The molecule has 0 spiro atoms. The molecule has 0 saturated carbocycles. The lowest BCUT2D eigenvalue weighted by molar-refractivity contribution is -0.133. The maximum atomic E-state index is 13.6. The molecule has 0 aliphatic carbocycles. The third-order valence-corrected chi connectivity index (χ3v) is 3.85. The van der Waals surface area contributed by atoms with Gasteiger partial charge in [0.1, 0.15) is 5.82 Å². The molecule has 2 rings (SSSR count). The standard InChI is InChI=1S/C17H16BrFN2O3/c1-21(9-11-4-2-3-5-14(11)19)16(22)10-24-17(23)13-8-12(18)6-7-15(13)20/h2-8H,9-10,20H2,1H3. The van der Waals surface area contributed by atoms with Crippen molar-refractivity contribution in [1.82, 2.24) is 4.90 Å². The first-order valence-corrected chi connectivity index (χ1v) is 7.87. The lowest BCUT2D eigenvalue weighted by Crippen LogP contribution is -2.31. The molecule has 0 aliphatic rings. The molecule has 7 heteroatoms. The van der Waals surface area contributed by atoms with E-state index < -0.39 is 24.3 Å². The van der Waals surface area contributed by atoms with Crippen molar-refractivity contribution < 1.29 is 18.7 Å². The molecule has 1 amide bonds. The van der Waals surface area contributed by atoms with E-state index in [1.807, 2.05) is 0 Å². The molecule has 126 valence electrons. The second kappa shape index (κ2) is 7.92. The topological polar surface area (TPSA) is 72.6 Å². The fourth-order valence-electron chi connectivity index (χ4n) is 1.99. The number of nitrogens with two attached hydrogens (primary N) is 1. The molecular formula is C17H16BrFN2O3. The maximum absolute atomic E-state index is 13.6. The highest BCUT2D eigenvalue weighted by Crippen LogP contribution is 2.19. The largest absolute Gasteiger partial charge is 0.452 e. The lowest BCUT2D eigenvalue weighted by atomic mass is 10.2. The van der Waals surface area contributed by atoms with Crippen molar-refractivity contribution in [3.63, 3.8) is 0 Å². The first-order chi connectivity index (χ1) is 11.4. The van der Waals surface area contributed by atoms with Gasteiger partial charge in [-0.3, -0.25) is 4.79 Å². The second-order valence-electron chi connectivity index (χ2n) is 5.15. The normalized spacial score (nSPS) is 10.3. The van der Waals surface area contributed by atoms with Crippen LogP contribution in [0.1, 0.15) is 15.9 Å². The smallest absolute Gasteiger partial charge is 0.340 e. The predicted octanol–water partition coefficient (Wildman–Crippen LogP) is 2.99. The van der Waals surface area contributed by atoms with Gasteiger partial charge in [-0.15, -0.1) is 0 Å². The van der Waals surface area contributed by atoms with Crippen LogP contribution in [0.15, 0.2) is 46.9 Å². The summed E-state index contributed by atoms with van der Waals surface area (Å²) in [6.45, 7) is -0.363. The summed E-state index contributed by atoms with van der Waals surface area (Å²) in [5.41, 5.74) is 6.54. The molecule has 2 aromatic carbocycles. The molecule has 0 unspecified atom stereocenters. The molecule has 2 N–H and O–H groups in total. The second-order valence-corrected chi connectivity index (χ2v) is 6.06. The lowest BCUT2D eigenvalue weighted by Gasteiger charge is -2.17. The van der Waals surface area contributed by atoms with Gasteiger partial charge in [0, 0.05) is 29.3 Å². The van der Waals surface area contributed by atoms with Crippen molar-refractivity contribution in [2.45, 2.75) is 6.54 Å². The number of hydrogen-bond donors (Lipinski definition) is 1. The van der Waals surface area contributed by atoms with Gasteiger partial charge in [-0.1, -0.05) is 34.1 Å². The number of nitrogen functional groups attached to an aromatic ring is 1. The molecular weight excluding hydrogens is 379 g/mol. The molecule has 2 aromatic rings. The van der Waals surface area contributed by atoms with Gasteiger partial charge in [-0.25, -0.2) is 9.18 Å². The third kappa shape index (κ3) is 4.55. The molecule has 0 bridgehead atoms. The predicted molar refractivity (Wildman–Crippen MR) is 91.7 cm³/mol. The first-order valence-electron chi connectivity index (χ1n) is 7.08. The van der Waals surface area contributed by atoms with E-state index in [-0.39, 0.29) is 17.8 Å². The van der Waals surface area contributed by atoms with Crippen LogP contribution in [0, 0.1) is 5.82 Å². The molecule has 0 atom stereocenters. The minimum atomic E-state index is -0.693. The van der Waals surface area contributed by atoms with Crippen LogP contribution in [-0.4, -0.2) is 30.4 Å². The molecule has 24 heavy (non-hydrogen) atoms. The quantitative estimate of drug-likeness (QED) is 0.624. The van der Waals surface area contributed by atoms with E-state index in [1.165, 1.54) is 24.1 Å². The Morgan fingerprint density at radius 1 is 1.25 bits per heavy atom. The van der Waals surface area contributed by atoms with Gasteiger partial charge >= 0.3 is 5.97 Å². The van der Waals surface area contributed by atoms with Crippen LogP contribution >= 0.6 is 15.9 Å². The van der Waals surface area contributed by atoms with Gasteiger partial charge in [-0.2, -0.15) is 0 Å². The number of carbonyl (C=O) groups excluding carboxylic acids is 2. The Hall–Kier alpha value is -2.41. The number of likely N-dealkylation sites (N-methyl/N-ethyl adjacent to an activating group) is 1. The SMILES string of the molecule is CN(Cc1ccccc1F)C(=O)COC(=O)c1cc(Br)ccc1N. The number of rotatable bonds is 5. The van der Waals surface area contributed by atoms with Crippen LogP contribution in [0.2, 0.25) is 0 Å². The minimum absolute atomic E-state index is 0.0854. The monoisotopic (exact) mass is 394 g/mol. The highest BCUT2D eigenvalue weighted by Gasteiger charge is 2.16. The summed E-state index contributed by atoms with van der Waals surface area (Å²) in [5.74, 6) is -1.53. The maximum Gasteiger partial charge on any atom is 0.340 e. The number of benzene rings is 2. The fourth-order valence-corrected chi connectivity index (χ4v) is 2.35. The van der Waals surface area contributed by atoms with Crippen molar-refractivity contribution in [1.29, 1.82) is 0 Å². The fraction of sp³-hybridized carbons (Fsp3) is 0.176. The minimum Gasteiger partial charge on any atom is -0.452 e. The number of esters is 1. The molecule has 0 fully saturated rings. The van der Waals surface area contributed by atoms with E-state index in [0.29, 0.717) is 10.0 Å². The highest BCUT2D eigenvalue weighted by molar-refractivity contribution is 9.10. The summed E-state index contributed by atoms with van der Waals surface area (Å²) in [7, 11) is 1.51. The number of anilines is 1. The average molecular weight is 395 g/mol. The van der Waals surface area contributed by atoms with Gasteiger partial charge in [0.05, 0.1) is 5.56 Å². The van der Waals surface area contributed by atoms with Crippen molar-refractivity contribution in [2.75, 3.05) is 19.4 Å². The van der Waals surface area contributed by atoms with Crippen molar-refractivity contribution in [2.24, 2.45) is 0 Å². The molecule has 0 aromatic heterocycles. The van der Waals surface area contributed by atoms with Crippen LogP contribution in [0.5, 0.6) is 0 Å². The summed E-state index contributed by atoms with van der Waals surface area (Å²) in [6, 6.07) is 11.0. The Kier molecular flexibility index (Phi) is 5.92. The number of carbonyl (C=O) groups is 2. The molecule has 0 aliphatic heterocycles. The van der Waals surface area contributed by atoms with Crippen molar-refractivity contribution in [3.05, 3.63) is 63.9 Å². The van der Waals surface area contributed by atoms with E-state index in [1.54, 1.807) is 30.3 Å². The zero-order valence-electron chi connectivity index (χ0n) is 13.0. The summed E-state index contributed by atoms with van der Waals surface area (Å²) in [4.78, 5) is 25.3. The van der Waals surface area contributed by atoms with E-state index >= 15 is 0 Å². The van der Waals surface area contributed by atoms with E-state index in [2.05, 4.69) is 15.9 Å². The van der Waals surface area contributed by atoms with Gasteiger partial charge in [0.25, 0.3) is 5.91 Å². The van der Waals surface area contributed by atoms with E-state index in [4.69, 9.17) is 10.5 Å². The zero-order valence-corrected chi connectivity index (χ0v) is 14.5. The van der Waals surface area contributed by atoms with Crippen LogP contribution in [0.3, 0.4) is 0 Å². The average Bonchev–Trinajstić information content (AvgIpc) is 2.56. The van der Waals surface area contributed by atoms with Gasteiger partial charge in [-0.05, 0) is 24.3 Å². The third-order valence-electron chi connectivity index (χ3n) is 3.35. The summed E-state index contributed by atoms with van der Waals surface area (Å²) in [5, 5.41) is 0. The summed E-state index contributed by atoms with van der Waals surface area (Å²) >= 11 is 3.24. The number of halogens is 2. The van der Waals surface area contributed by atoms with E-state index in [0.717, 1.165) is 0 Å². The summed E-state index contributed by atoms with van der Waals surface area (Å²) in [6.07, 6.45) is 0. The molecule has 0 radical (unpaired) electrons.